The largest absolute Gasteiger partial charge is 0.417 e. The number of carbonyl (C=O) groups is 1. The van der Waals surface area contributed by atoms with Gasteiger partial charge in [-0.3, -0.25) is 4.79 Å². The Morgan fingerprint density at radius 3 is 2.33 bits per heavy atom. The molecule has 198 valence electrons. The highest BCUT2D eigenvalue weighted by Crippen LogP contribution is 2.34. The maximum atomic E-state index is 13.5. The molecule has 39 heavy (non-hydrogen) atoms. The third-order valence-electron chi connectivity index (χ3n) is 6.87. The number of nitrogens with zero attached hydrogens (tertiary/aromatic N) is 4. The number of piperidine rings is 1. The van der Waals surface area contributed by atoms with Crippen LogP contribution in [0.1, 0.15) is 39.9 Å². The van der Waals surface area contributed by atoms with Crippen LogP contribution in [-0.2, 0) is 12.9 Å². The van der Waals surface area contributed by atoms with Crippen molar-refractivity contribution in [2.45, 2.75) is 31.7 Å². The topological polar surface area (TPSA) is 81.9 Å². The fraction of sp³-hybridized carbons (Fsp3) is 0.241. The van der Waals surface area contributed by atoms with E-state index in [1.54, 1.807) is 12.1 Å². The smallest absolute Gasteiger partial charge is 0.354 e. The molecule has 1 aliphatic heterocycles. The van der Waals surface area contributed by atoms with E-state index in [0.29, 0.717) is 49.1 Å². The second kappa shape index (κ2) is 10.7. The molecule has 0 radical (unpaired) electrons. The summed E-state index contributed by atoms with van der Waals surface area (Å²) in [4.78, 5) is 14.8. The van der Waals surface area contributed by atoms with Crippen LogP contribution < -0.4 is 10.2 Å². The molecule has 1 saturated heterocycles. The van der Waals surface area contributed by atoms with E-state index in [2.05, 4.69) is 26.5 Å². The number of anilines is 1. The molecule has 0 atom stereocenters. The van der Waals surface area contributed by atoms with Crippen molar-refractivity contribution in [1.82, 2.24) is 15.5 Å². The Morgan fingerprint density at radius 2 is 1.69 bits per heavy atom. The molecule has 1 aromatic heterocycles. The molecule has 0 saturated carbocycles. The van der Waals surface area contributed by atoms with Gasteiger partial charge in [0.1, 0.15) is 12.4 Å². The molecule has 0 aliphatic carbocycles. The molecule has 1 N–H and O–H groups in total. The zero-order chi connectivity index (χ0) is 27.6. The molecule has 4 aromatic rings. The number of nitrogens with one attached hydrogen (secondary N) is 1. The summed E-state index contributed by atoms with van der Waals surface area (Å²) < 4.78 is 53.4. The van der Waals surface area contributed by atoms with Crippen molar-refractivity contribution in [1.29, 1.82) is 5.26 Å². The van der Waals surface area contributed by atoms with E-state index in [4.69, 9.17) is 5.26 Å². The maximum Gasteiger partial charge on any atom is 0.417 e. The first-order chi connectivity index (χ1) is 18.8. The molecular formula is C29H23F4N5O. The highest BCUT2D eigenvalue weighted by Gasteiger charge is 2.36. The van der Waals surface area contributed by atoms with Gasteiger partial charge in [0.15, 0.2) is 5.82 Å². The first kappa shape index (κ1) is 26.1. The van der Waals surface area contributed by atoms with Crippen LogP contribution >= 0.6 is 0 Å². The Balaban J connectivity index is 1.32. The van der Waals surface area contributed by atoms with Crippen LogP contribution in [0.15, 0.2) is 66.7 Å². The fourth-order valence-electron chi connectivity index (χ4n) is 4.84. The van der Waals surface area contributed by atoms with E-state index in [0.717, 1.165) is 22.4 Å². The van der Waals surface area contributed by atoms with Gasteiger partial charge in [-0.1, -0.05) is 42.5 Å². The van der Waals surface area contributed by atoms with Gasteiger partial charge in [-0.05, 0) is 42.7 Å². The fourth-order valence-corrected chi connectivity index (χ4v) is 4.84. The number of carbonyl (C=O) groups excluding carboxylic acids is 1. The van der Waals surface area contributed by atoms with E-state index in [9.17, 15) is 22.4 Å². The van der Waals surface area contributed by atoms with Gasteiger partial charge in [0.25, 0.3) is 5.91 Å². The van der Waals surface area contributed by atoms with E-state index in [-0.39, 0.29) is 11.6 Å². The summed E-state index contributed by atoms with van der Waals surface area (Å²) in [5, 5.41) is 22.6. The molecule has 1 fully saturated rings. The van der Waals surface area contributed by atoms with Gasteiger partial charge in [-0.2, -0.15) is 18.4 Å². The van der Waals surface area contributed by atoms with Gasteiger partial charge in [-0.25, -0.2) is 4.39 Å². The van der Waals surface area contributed by atoms with E-state index in [1.807, 2.05) is 36.4 Å². The lowest BCUT2D eigenvalue weighted by molar-refractivity contribution is -0.138. The van der Waals surface area contributed by atoms with Crippen molar-refractivity contribution in [3.63, 3.8) is 0 Å². The maximum absolute atomic E-state index is 13.5. The number of hydrogen-bond donors (Lipinski definition) is 1. The summed E-state index contributed by atoms with van der Waals surface area (Å²) in [5.74, 6) is -0.142. The van der Waals surface area contributed by atoms with Crippen LogP contribution in [0.5, 0.6) is 0 Å². The molecule has 0 spiro atoms. The zero-order valence-corrected chi connectivity index (χ0v) is 20.7. The van der Waals surface area contributed by atoms with Crippen LogP contribution in [0, 0.1) is 11.3 Å². The Kier molecular flexibility index (Phi) is 7.15. The molecule has 6 nitrogen and oxygen atoms in total. The molecule has 0 unspecified atom stereocenters. The van der Waals surface area contributed by atoms with Crippen molar-refractivity contribution < 1.29 is 22.4 Å². The summed E-state index contributed by atoms with van der Waals surface area (Å²) in [6.07, 6.45) is -3.77. The summed E-state index contributed by atoms with van der Waals surface area (Å²) in [6, 6.07) is 19.5. The van der Waals surface area contributed by atoms with Gasteiger partial charge in [0.05, 0.1) is 22.8 Å². The van der Waals surface area contributed by atoms with Gasteiger partial charge in [0.2, 0.25) is 0 Å². The van der Waals surface area contributed by atoms with E-state index < -0.39 is 29.9 Å². The highest BCUT2D eigenvalue weighted by molar-refractivity contribution is 6.00. The van der Waals surface area contributed by atoms with Gasteiger partial charge < -0.3 is 10.2 Å². The van der Waals surface area contributed by atoms with Crippen LogP contribution in [-0.4, -0.2) is 35.2 Å². The Morgan fingerprint density at radius 1 is 1.00 bits per heavy atom. The van der Waals surface area contributed by atoms with E-state index in [1.165, 1.54) is 6.07 Å². The van der Waals surface area contributed by atoms with Crippen LogP contribution in [0.25, 0.3) is 22.0 Å². The number of alkyl halides is 4. The standard InChI is InChI=1S/C29H23F4N5O/c30-16-19-7-10-24(25(15-19)29(31,32)33)28(39)35-21-11-13-38(14-12-21)27-23-4-2-1-3-22(23)26(36-37-27)20-8-5-18(17-34)6-9-20/h1-10,15,21H,11-14,16H2,(H,35,39). The molecule has 0 bridgehead atoms. The number of fused-ring (bicyclic) bond motifs is 1. The molecule has 10 heteroatoms. The van der Waals surface area contributed by atoms with Gasteiger partial charge in [0, 0.05) is 35.5 Å². The second-order valence-corrected chi connectivity index (χ2v) is 9.35. The third-order valence-corrected chi connectivity index (χ3v) is 6.87. The Hall–Kier alpha value is -4.52. The number of rotatable bonds is 5. The van der Waals surface area contributed by atoms with Crippen molar-refractivity contribution in [2.24, 2.45) is 0 Å². The SMILES string of the molecule is N#Cc1ccc(-c2nnc(N3CCC(NC(=O)c4ccc(CF)cc4C(F)(F)F)CC3)c3ccccc23)cc1. The average Bonchev–Trinajstić information content (AvgIpc) is 2.96. The second-order valence-electron chi connectivity index (χ2n) is 9.35. The highest BCUT2D eigenvalue weighted by atomic mass is 19.4. The number of halogens is 4. The lowest BCUT2D eigenvalue weighted by atomic mass is 10.00. The zero-order valence-electron chi connectivity index (χ0n) is 20.7. The van der Waals surface area contributed by atoms with Gasteiger partial charge >= 0.3 is 6.18 Å². The lowest BCUT2D eigenvalue weighted by Crippen LogP contribution is -2.45. The molecular weight excluding hydrogens is 510 g/mol. The summed E-state index contributed by atoms with van der Waals surface area (Å²) >= 11 is 0. The monoisotopic (exact) mass is 533 g/mol. The van der Waals surface area contributed by atoms with Crippen molar-refractivity contribution >= 4 is 22.5 Å². The lowest BCUT2D eigenvalue weighted by Gasteiger charge is -2.33. The Labute approximate surface area is 221 Å². The molecule has 2 heterocycles. The predicted molar refractivity (Wildman–Crippen MR) is 139 cm³/mol. The van der Waals surface area contributed by atoms with Crippen LogP contribution in [0.3, 0.4) is 0 Å². The number of amides is 1. The first-order valence-corrected chi connectivity index (χ1v) is 12.4. The first-order valence-electron chi connectivity index (χ1n) is 12.4. The number of nitriles is 1. The van der Waals surface area contributed by atoms with Crippen molar-refractivity contribution in [3.8, 4) is 17.3 Å². The van der Waals surface area contributed by atoms with Crippen LogP contribution in [0.4, 0.5) is 23.4 Å². The minimum atomic E-state index is -4.77. The normalized spacial score (nSPS) is 14.3. The van der Waals surface area contributed by atoms with Crippen molar-refractivity contribution in [2.75, 3.05) is 18.0 Å². The van der Waals surface area contributed by atoms with Crippen molar-refractivity contribution in [3.05, 3.63) is 89.0 Å². The molecule has 1 amide bonds. The van der Waals surface area contributed by atoms with E-state index >= 15 is 0 Å². The number of aromatic nitrogens is 2. The summed E-state index contributed by atoms with van der Waals surface area (Å²) in [5.41, 5.74) is 0.289. The number of hydrogen-bond acceptors (Lipinski definition) is 5. The molecule has 5 rings (SSSR count). The summed E-state index contributed by atoms with van der Waals surface area (Å²) in [6.45, 7) is -0.00499. The quantitative estimate of drug-likeness (QED) is 0.316. The summed E-state index contributed by atoms with van der Waals surface area (Å²) in [7, 11) is 0. The number of benzene rings is 3. The average molecular weight is 534 g/mol. The third kappa shape index (κ3) is 5.39. The Bertz CT molecular complexity index is 1560. The minimum Gasteiger partial charge on any atom is -0.354 e. The minimum absolute atomic E-state index is 0.134. The predicted octanol–water partition coefficient (Wildman–Crippen LogP) is 6.06. The molecule has 1 aliphatic rings. The van der Waals surface area contributed by atoms with Gasteiger partial charge in [-0.15, -0.1) is 10.2 Å². The van der Waals surface area contributed by atoms with Crippen LogP contribution in [0.2, 0.25) is 0 Å². The molecule has 3 aromatic carbocycles.